The number of amides is 1. The lowest BCUT2D eigenvalue weighted by Gasteiger charge is -2.32. The SMILES string of the molecule is Cc1[nH]ncc1C1CCN(C(=O)Cc2ccnn2C)CC1. The Kier molecular flexibility index (Phi) is 3.77. The second kappa shape index (κ2) is 5.71. The molecule has 0 saturated carbocycles. The minimum absolute atomic E-state index is 0.195. The Morgan fingerprint density at radius 1 is 1.43 bits per heavy atom. The minimum atomic E-state index is 0.195. The number of aromatic nitrogens is 4. The van der Waals surface area contributed by atoms with Gasteiger partial charge in [-0.15, -0.1) is 0 Å². The van der Waals surface area contributed by atoms with Gasteiger partial charge < -0.3 is 4.90 Å². The Morgan fingerprint density at radius 3 is 2.76 bits per heavy atom. The molecule has 3 rings (SSSR count). The number of carbonyl (C=O) groups excluding carboxylic acids is 1. The van der Waals surface area contributed by atoms with E-state index in [2.05, 4.69) is 22.2 Å². The van der Waals surface area contributed by atoms with Crippen LogP contribution in [0.2, 0.25) is 0 Å². The van der Waals surface area contributed by atoms with Crippen LogP contribution in [0, 0.1) is 6.92 Å². The summed E-state index contributed by atoms with van der Waals surface area (Å²) in [4.78, 5) is 14.3. The maximum Gasteiger partial charge on any atom is 0.228 e. The van der Waals surface area contributed by atoms with Crippen LogP contribution in [-0.4, -0.2) is 43.9 Å². The first-order chi connectivity index (χ1) is 10.1. The summed E-state index contributed by atoms with van der Waals surface area (Å²) >= 11 is 0. The highest BCUT2D eigenvalue weighted by Gasteiger charge is 2.25. The highest BCUT2D eigenvalue weighted by atomic mass is 16.2. The molecule has 3 heterocycles. The quantitative estimate of drug-likeness (QED) is 0.928. The van der Waals surface area contributed by atoms with Crippen molar-refractivity contribution in [3.8, 4) is 0 Å². The molecule has 0 aromatic carbocycles. The lowest BCUT2D eigenvalue weighted by atomic mass is 9.90. The van der Waals surface area contributed by atoms with Crippen LogP contribution in [-0.2, 0) is 18.3 Å². The van der Waals surface area contributed by atoms with E-state index < -0.39 is 0 Å². The zero-order valence-electron chi connectivity index (χ0n) is 12.5. The number of hydrogen-bond acceptors (Lipinski definition) is 3. The third-order valence-electron chi connectivity index (χ3n) is 4.41. The maximum atomic E-state index is 12.3. The fourth-order valence-electron chi connectivity index (χ4n) is 3.05. The van der Waals surface area contributed by atoms with Crippen LogP contribution >= 0.6 is 0 Å². The number of hydrogen-bond donors (Lipinski definition) is 1. The van der Waals surface area contributed by atoms with Gasteiger partial charge in [0.1, 0.15) is 0 Å². The molecule has 1 fully saturated rings. The lowest BCUT2D eigenvalue weighted by Crippen LogP contribution is -2.39. The first kappa shape index (κ1) is 13.9. The first-order valence-corrected chi connectivity index (χ1v) is 7.39. The normalized spacial score (nSPS) is 16.4. The van der Waals surface area contributed by atoms with Gasteiger partial charge in [-0.05, 0) is 37.3 Å². The Bertz CT molecular complexity index is 622. The maximum absolute atomic E-state index is 12.3. The Hall–Kier alpha value is -2.11. The summed E-state index contributed by atoms with van der Waals surface area (Å²) in [6.45, 7) is 3.71. The van der Waals surface area contributed by atoms with Gasteiger partial charge >= 0.3 is 0 Å². The zero-order valence-corrected chi connectivity index (χ0v) is 12.5. The van der Waals surface area contributed by atoms with Gasteiger partial charge in [0.05, 0.1) is 12.6 Å². The molecule has 0 aliphatic carbocycles. The van der Waals surface area contributed by atoms with E-state index >= 15 is 0 Å². The lowest BCUT2D eigenvalue weighted by molar-refractivity contribution is -0.131. The summed E-state index contributed by atoms with van der Waals surface area (Å²) < 4.78 is 1.76. The third-order valence-corrected chi connectivity index (χ3v) is 4.41. The molecule has 0 radical (unpaired) electrons. The van der Waals surface area contributed by atoms with Gasteiger partial charge in [0, 0.05) is 37.7 Å². The first-order valence-electron chi connectivity index (χ1n) is 7.39. The third kappa shape index (κ3) is 2.84. The van der Waals surface area contributed by atoms with Gasteiger partial charge in [-0.1, -0.05) is 0 Å². The smallest absolute Gasteiger partial charge is 0.228 e. The van der Waals surface area contributed by atoms with E-state index in [0.717, 1.165) is 37.3 Å². The Morgan fingerprint density at radius 2 is 2.19 bits per heavy atom. The second-order valence-electron chi connectivity index (χ2n) is 5.73. The molecule has 21 heavy (non-hydrogen) atoms. The number of nitrogens with one attached hydrogen (secondary N) is 1. The van der Waals surface area contributed by atoms with Crippen molar-refractivity contribution < 1.29 is 4.79 Å². The molecule has 6 heteroatoms. The van der Waals surface area contributed by atoms with Gasteiger partial charge in [0.2, 0.25) is 5.91 Å². The van der Waals surface area contributed by atoms with E-state index in [-0.39, 0.29) is 5.91 Å². The van der Waals surface area contributed by atoms with Crippen LogP contribution < -0.4 is 0 Å². The average molecular weight is 287 g/mol. The summed E-state index contributed by atoms with van der Waals surface area (Å²) in [6.07, 6.45) is 6.12. The Balaban J connectivity index is 1.57. The van der Waals surface area contributed by atoms with Gasteiger partial charge in [-0.25, -0.2) is 0 Å². The van der Waals surface area contributed by atoms with Gasteiger partial charge in [0.15, 0.2) is 0 Å². The van der Waals surface area contributed by atoms with Crippen LogP contribution in [0.5, 0.6) is 0 Å². The molecule has 112 valence electrons. The fraction of sp³-hybridized carbons (Fsp3) is 0.533. The number of rotatable bonds is 3. The van der Waals surface area contributed by atoms with E-state index in [1.54, 1.807) is 10.9 Å². The molecule has 1 N–H and O–H groups in total. The molecule has 0 atom stereocenters. The summed E-state index contributed by atoms with van der Waals surface area (Å²) in [5.74, 6) is 0.713. The predicted octanol–water partition coefficient (Wildman–Crippen LogP) is 1.40. The monoisotopic (exact) mass is 287 g/mol. The van der Waals surface area contributed by atoms with Crippen molar-refractivity contribution >= 4 is 5.91 Å². The predicted molar refractivity (Wildman–Crippen MR) is 78.8 cm³/mol. The van der Waals surface area contributed by atoms with Crippen molar-refractivity contribution in [3.05, 3.63) is 35.4 Å². The van der Waals surface area contributed by atoms with Crippen LogP contribution in [0.1, 0.15) is 35.7 Å². The molecular weight excluding hydrogens is 266 g/mol. The molecule has 1 aliphatic heterocycles. The largest absolute Gasteiger partial charge is 0.342 e. The molecular formula is C15H21N5O. The van der Waals surface area contributed by atoms with E-state index in [1.165, 1.54) is 5.56 Å². The average Bonchev–Trinajstić information content (AvgIpc) is 3.08. The van der Waals surface area contributed by atoms with E-state index in [1.807, 2.05) is 24.2 Å². The van der Waals surface area contributed by atoms with Crippen LogP contribution in [0.15, 0.2) is 18.5 Å². The number of nitrogens with zero attached hydrogens (tertiary/aromatic N) is 4. The molecule has 2 aromatic heterocycles. The molecule has 2 aromatic rings. The Labute approximate surface area is 124 Å². The van der Waals surface area contributed by atoms with Crippen LogP contribution in [0.4, 0.5) is 0 Å². The number of carbonyl (C=O) groups is 1. The summed E-state index contributed by atoms with van der Waals surface area (Å²) in [5, 5.41) is 11.2. The molecule has 0 bridgehead atoms. The molecule has 0 unspecified atom stereocenters. The van der Waals surface area contributed by atoms with E-state index in [4.69, 9.17) is 0 Å². The van der Waals surface area contributed by atoms with Crippen molar-refractivity contribution in [1.29, 1.82) is 0 Å². The second-order valence-corrected chi connectivity index (χ2v) is 5.73. The van der Waals surface area contributed by atoms with Crippen LogP contribution in [0.25, 0.3) is 0 Å². The van der Waals surface area contributed by atoms with E-state index in [0.29, 0.717) is 12.3 Å². The summed E-state index contributed by atoms with van der Waals surface area (Å²) in [6, 6.07) is 1.90. The number of aromatic amines is 1. The van der Waals surface area contributed by atoms with Gasteiger partial charge in [-0.2, -0.15) is 10.2 Å². The zero-order chi connectivity index (χ0) is 14.8. The number of likely N-dealkylation sites (tertiary alicyclic amines) is 1. The van der Waals surface area contributed by atoms with Crippen molar-refractivity contribution in [2.75, 3.05) is 13.1 Å². The number of aryl methyl sites for hydroxylation is 2. The topological polar surface area (TPSA) is 66.8 Å². The van der Waals surface area contributed by atoms with Crippen molar-refractivity contribution in [2.45, 2.75) is 32.1 Å². The highest BCUT2D eigenvalue weighted by molar-refractivity contribution is 5.78. The molecule has 1 aliphatic rings. The number of H-pyrrole nitrogens is 1. The molecule has 0 spiro atoms. The highest BCUT2D eigenvalue weighted by Crippen LogP contribution is 2.29. The number of piperidine rings is 1. The van der Waals surface area contributed by atoms with Crippen LogP contribution in [0.3, 0.4) is 0 Å². The summed E-state index contributed by atoms with van der Waals surface area (Å²) in [5.41, 5.74) is 3.41. The molecule has 1 amide bonds. The standard InChI is InChI=1S/C15H21N5O/c1-11-14(10-16-18-11)12-4-7-20(8-5-12)15(21)9-13-3-6-17-19(13)2/h3,6,10,12H,4-5,7-9H2,1-2H3,(H,16,18). The van der Waals surface area contributed by atoms with Gasteiger partial charge in [0.25, 0.3) is 0 Å². The minimum Gasteiger partial charge on any atom is -0.342 e. The van der Waals surface area contributed by atoms with Crippen molar-refractivity contribution in [2.24, 2.45) is 7.05 Å². The molecule has 6 nitrogen and oxygen atoms in total. The van der Waals surface area contributed by atoms with Gasteiger partial charge in [-0.3, -0.25) is 14.6 Å². The van der Waals surface area contributed by atoms with E-state index in [9.17, 15) is 4.79 Å². The fourth-order valence-corrected chi connectivity index (χ4v) is 3.05. The summed E-state index contributed by atoms with van der Waals surface area (Å²) in [7, 11) is 1.87. The van der Waals surface area contributed by atoms with Crippen molar-refractivity contribution in [1.82, 2.24) is 24.9 Å². The van der Waals surface area contributed by atoms with Crippen molar-refractivity contribution in [3.63, 3.8) is 0 Å². The molecule has 1 saturated heterocycles.